The van der Waals surface area contributed by atoms with Crippen LogP contribution in [0.3, 0.4) is 0 Å². The fourth-order valence-electron chi connectivity index (χ4n) is 2.10. The van der Waals surface area contributed by atoms with Gasteiger partial charge in [0.1, 0.15) is 0 Å². The number of benzene rings is 1. The van der Waals surface area contributed by atoms with Gasteiger partial charge in [0.15, 0.2) is 5.96 Å². The summed E-state index contributed by atoms with van der Waals surface area (Å²) in [5.74, 6) is 1.62. The summed E-state index contributed by atoms with van der Waals surface area (Å²) >= 11 is 0. The van der Waals surface area contributed by atoms with Crippen molar-refractivity contribution in [3.05, 3.63) is 35.4 Å². The predicted octanol–water partition coefficient (Wildman–Crippen LogP) is 3.32. The Balaban J connectivity index is 2.30. The van der Waals surface area contributed by atoms with Crippen LogP contribution < -0.4 is 10.6 Å². The maximum absolute atomic E-state index is 5.40. The van der Waals surface area contributed by atoms with E-state index < -0.39 is 0 Å². The SMILES string of the molecule is CCOCc1ccc(CNC(=NC)NCCCC(C)C)cc1. The highest BCUT2D eigenvalue weighted by Gasteiger charge is 2.00. The first-order valence-electron chi connectivity index (χ1n) is 8.25. The third-order valence-corrected chi connectivity index (χ3v) is 3.43. The Morgan fingerprint density at radius 3 is 2.41 bits per heavy atom. The Kier molecular flexibility index (Phi) is 9.31. The predicted molar refractivity (Wildman–Crippen MR) is 94.0 cm³/mol. The molecule has 0 bridgehead atoms. The number of rotatable bonds is 9. The van der Waals surface area contributed by atoms with E-state index in [1.54, 1.807) is 0 Å². The van der Waals surface area contributed by atoms with Crippen molar-refractivity contribution < 1.29 is 4.74 Å². The first-order valence-corrected chi connectivity index (χ1v) is 8.25. The molecule has 0 aliphatic carbocycles. The largest absolute Gasteiger partial charge is 0.377 e. The van der Waals surface area contributed by atoms with E-state index in [-0.39, 0.29) is 0 Å². The molecule has 1 aromatic carbocycles. The summed E-state index contributed by atoms with van der Waals surface area (Å²) in [6.07, 6.45) is 2.41. The minimum Gasteiger partial charge on any atom is -0.377 e. The fourth-order valence-corrected chi connectivity index (χ4v) is 2.10. The highest BCUT2D eigenvalue weighted by Crippen LogP contribution is 2.06. The van der Waals surface area contributed by atoms with Crippen LogP contribution in [-0.2, 0) is 17.9 Å². The van der Waals surface area contributed by atoms with E-state index in [2.05, 4.69) is 53.7 Å². The monoisotopic (exact) mass is 305 g/mol. The van der Waals surface area contributed by atoms with Gasteiger partial charge in [0, 0.05) is 26.7 Å². The molecule has 0 amide bonds. The quantitative estimate of drug-likeness (QED) is 0.418. The summed E-state index contributed by atoms with van der Waals surface area (Å²) in [7, 11) is 1.81. The van der Waals surface area contributed by atoms with Crippen LogP contribution in [0.25, 0.3) is 0 Å². The van der Waals surface area contributed by atoms with E-state index in [1.165, 1.54) is 24.0 Å². The van der Waals surface area contributed by atoms with Gasteiger partial charge in [-0.2, -0.15) is 0 Å². The van der Waals surface area contributed by atoms with Gasteiger partial charge in [-0.05, 0) is 36.8 Å². The smallest absolute Gasteiger partial charge is 0.191 e. The maximum atomic E-state index is 5.40. The molecule has 0 heterocycles. The molecule has 4 nitrogen and oxygen atoms in total. The molecule has 2 N–H and O–H groups in total. The minimum absolute atomic E-state index is 0.684. The van der Waals surface area contributed by atoms with Gasteiger partial charge in [0.2, 0.25) is 0 Å². The molecule has 0 saturated heterocycles. The van der Waals surface area contributed by atoms with Crippen molar-refractivity contribution in [2.45, 2.75) is 46.8 Å². The Bertz CT molecular complexity index is 426. The third-order valence-electron chi connectivity index (χ3n) is 3.43. The average Bonchev–Trinajstić information content (AvgIpc) is 2.53. The second-order valence-electron chi connectivity index (χ2n) is 5.84. The van der Waals surface area contributed by atoms with Gasteiger partial charge >= 0.3 is 0 Å². The van der Waals surface area contributed by atoms with Crippen molar-refractivity contribution in [1.29, 1.82) is 0 Å². The number of aliphatic imine (C=N–C) groups is 1. The molecule has 1 rings (SSSR count). The van der Waals surface area contributed by atoms with E-state index in [0.717, 1.165) is 31.6 Å². The van der Waals surface area contributed by atoms with Crippen molar-refractivity contribution in [3.63, 3.8) is 0 Å². The van der Waals surface area contributed by atoms with Crippen molar-refractivity contribution in [2.75, 3.05) is 20.2 Å². The van der Waals surface area contributed by atoms with E-state index in [1.807, 2.05) is 14.0 Å². The van der Waals surface area contributed by atoms with Crippen molar-refractivity contribution in [2.24, 2.45) is 10.9 Å². The molecule has 0 aromatic heterocycles. The molecule has 0 unspecified atom stereocenters. The number of nitrogens with one attached hydrogen (secondary N) is 2. The first-order chi connectivity index (χ1) is 10.7. The molecule has 0 saturated carbocycles. The van der Waals surface area contributed by atoms with Crippen LogP contribution in [0.4, 0.5) is 0 Å². The summed E-state index contributed by atoms with van der Waals surface area (Å²) < 4.78 is 5.40. The highest BCUT2D eigenvalue weighted by molar-refractivity contribution is 5.79. The molecule has 0 spiro atoms. The van der Waals surface area contributed by atoms with Gasteiger partial charge in [-0.1, -0.05) is 38.1 Å². The molecule has 22 heavy (non-hydrogen) atoms. The van der Waals surface area contributed by atoms with Crippen molar-refractivity contribution in [1.82, 2.24) is 10.6 Å². The molecule has 0 fully saturated rings. The standard InChI is InChI=1S/C18H31N3O/c1-5-22-14-17-10-8-16(9-11-17)13-21-18(19-4)20-12-6-7-15(2)3/h8-11,15H,5-7,12-14H2,1-4H3,(H2,19,20,21). The maximum Gasteiger partial charge on any atom is 0.191 e. The van der Waals surface area contributed by atoms with Gasteiger partial charge in [0.25, 0.3) is 0 Å². The summed E-state index contributed by atoms with van der Waals surface area (Å²) in [6.45, 7) is 9.69. The van der Waals surface area contributed by atoms with Gasteiger partial charge in [-0.3, -0.25) is 4.99 Å². The zero-order valence-corrected chi connectivity index (χ0v) is 14.5. The summed E-state index contributed by atoms with van der Waals surface area (Å²) in [5.41, 5.74) is 2.45. The summed E-state index contributed by atoms with van der Waals surface area (Å²) in [4.78, 5) is 4.25. The van der Waals surface area contributed by atoms with Crippen LogP contribution in [-0.4, -0.2) is 26.2 Å². The Morgan fingerprint density at radius 2 is 1.82 bits per heavy atom. The number of guanidine groups is 1. The molecular weight excluding hydrogens is 274 g/mol. The lowest BCUT2D eigenvalue weighted by Gasteiger charge is -2.13. The molecule has 0 aliphatic rings. The number of nitrogens with zero attached hydrogens (tertiary/aromatic N) is 1. The zero-order valence-electron chi connectivity index (χ0n) is 14.5. The number of hydrogen-bond acceptors (Lipinski definition) is 2. The van der Waals surface area contributed by atoms with Crippen LogP contribution in [0.1, 0.15) is 44.7 Å². The lowest BCUT2D eigenvalue weighted by Crippen LogP contribution is -2.37. The normalized spacial score (nSPS) is 11.8. The van der Waals surface area contributed by atoms with Crippen LogP contribution in [0, 0.1) is 5.92 Å². The second-order valence-corrected chi connectivity index (χ2v) is 5.84. The van der Waals surface area contributed by atoms with Gasteiger partial charge < -0.3 is 15.4 Å². The van der Waals surface area contributed by atoms with Crippen LogP contribution in [0.2, 0.25) is 0 Å². The molecule has 4 heteroatoms. The number of ether oxygens (including phenoxy) is 1. The molecule has 124 valence electrons. The average molecular weight is 305 g/mol. The first kappa shape index (κ1) is 18.5. The van der Waals surface area contributed by atoms with E-state index >= 15 is 0 Å². The Labute approximate surface area is 135 Å². The third kappa shape index (κ3) is 8.03. The highest BCUT2D eigenvalue weighted by atomic mass is 16.5. The van der Waals surface area contributed by atoms with Crippen LogP contribution in [0.15, 0.2) is 29.3 Å². The minimum atomic E-state index is 0.684. The van der Waals surface area contributed by atoms with Gasteiger partial charge in [-0.15, -0.1) is 0 Å². The topological polar surface area (TPSA) is 45.6 Å². The molecule has 0 radical (unpaired) electrons. The lowest BCUT2D eigenvalue weighted by molar-refractivity contribution is 0.134. The lowest BCUT2D eigenvalue weighted by atomic mass is 10.1. The van der Waals surface area contributed by atoms with Crippen LogP contribution in [0.5, 0.6) is 0 Å². The summed E-state index contributed by atoms with van der Waals surface area (Å²) in [6, 6.07) is 8.50. The van der Waals surface area contributed by atoms with Crippen molar-refractivity contribution in [3.8, 4) is 0 Å². The number of hydrogen-bond donors (Lipinski definition) is 2. The van der Waals surface area contributed by atoms with Crippen LogP contribution >= 0.6 is 0 Å². The molecule has 0 aliphatic heterocycles. The van der Waals surface area contributed by atoms with Gasteiger partial charge in [-0.25, -0.2) is 0 Å². The van der Waals surface area contributed by atoms with Gasteiger partial charge in [0.05, 0.1) is 6.61 Å². The fraction of sp³-hybridized carbons (Fsp3) is 0.611. The molecular formula is C18H31N3O. The Hall–Kier alpha value is -1.55. The Morgan fingerprint density at radius 1 is 1.14 bits per heavy atom. The van der Waals surface area contributed by atoms with E-state index in [0.29, 0.717) is 6.61 Å². The molecule has 0 atom stereocenters. The molecule has 1 aromatic rings. The van der Waals surface area contributed by atoms with E-state index in [4.69, 9.17) is 4.74 Å². The van der Waals surface area contributed by atoms with Crippen molar-refractivity contribution >= 4 is 5.96 Å². The second kappa shape index (κ2) is 11.1. The van der Waals surface area contributed by atoms with E-state index in [9.17, 15) is 0 Å². The summed E-state index contributed by atoms with van der Waals surface area (Å²) in [5, 5.41) is 6.70. The zero-order chi connectivity index (χ0) is 16.2.